The van der Waals surface area contributed by atoms with E-state index in [1.54, 1.807) is 4.90 Å². The molecule has 0 bridgehead atoms. The quantitative estimate of drug-likeness (QED) is 0.132. The van der Waals surface area contributed by atoms with E-state index in [1.165, 1.54) is 87.4 Å². The third-order valence-electron chi connectivity index (χ3n) is 7.89. The first-order chi connectivity index (χ1) is 19.4. The van der Waals surface area contributed by atoms with Crippen molar-refractivity contribution in [3.8, 4) is 33.4 Å². The van der Waals surface area contributed by atoms with Crippen LogP contribution in [0.2, 0.25) is 0 Å². The second-order valence-electron chi connectivity index (χ2n) is 11.0. The highest BCUT2D eigenvalue weighted by atomic mass is 16.2. The minimum absolute atomic E-state index is 0.0248. The molecule has 4 aromatic carbocycles. The molecule has 0 fully saturated rings. The molecule has 0 saturated heterocycles. The topological polar surface area (TPSA) is 20.3 Å². The summed E-state index contributed by atoms with van der Waals surface area (Å²) in [5, 5.41) is 0. The Balaban J connectivity index is 1.42. The third-order valence-corrected chi connectivity index (χ3v) is 7.89. The number of aryl methyl sites for hydroxylation is 4. The van der Waals surface area contributed by atoms with E-state index in [9.17, 15) is 4.79 Å². The van der Waals surface area contributed by atoms with Crippen LogP contribution in [0.15, 0.2) is 97.6 Å². The van der Waals surface area contributed by atoms with E-state index in [0.29, 0.717) is 0 Å². The zero-order valence-corrected chi connectivity index (χ0v) is 24.7. The summed E-state index contributed by atoms with van der Waals surface area (Å²) >= 11 is 0. The Labute approximate surface area is 241 Å². The number of amides is 1. The van der Waals surface area contributed by atoms with Crippen LogP contribution in [0.3, 0.4) is 0 Å². The zero-order chi connectivity index (χ0) is 28.5. The van der Waals surface area contributed by atoms with Crippen LogP contribution in [0.4, 0.5) is 0 Å². The second kappa shape index (κ2) is 13.9. The molecular weight excluding hydrogens is 486 g/mol. The van der Waals surface area contributed by atoms with E-state index in [0.717, 1.165) is 19.4 Å². The van der Waals surface area contributed by atoms with E-state index < -0.39 is 0 Å². The molecule has 0 atom stereocenters. The maximum absolute atomic E-state index is 11.6. The molecule has 0 N–H and O–H groups in total. The van der Waals surface area contributed by atoms with Gasteiger partial charge in [-0.3, -0.25) is 4.79 Å². The predicted octanol–water partition coefficient (Wildman–Crippen LogP) is 9.61. The van der Waals surface area contributed by atoms with Gasteiger partial charge in [0.15, 0.2) is 0 Å². The standard InChI is InChI=1S/C38H43NO/c1-6-8-9-11-30-13-17-32(18-14-30)34-21-23-37(28(3)26-34)35-22-24-36(29(4)27-35)33-19-15-31(16-20-33)12-10-25-39(5)38(40)7-2/h7,13-24,26-27H,2,6,8-12,25H2,1,3-5H3. The van der Waals surface area contributed by atoms with Crippen LogP contribution in [0, 0.1) is 13.8 Å². The monoisotopic (exact) mass is 529 g/mol. The first-order valence-electron chi connectivity index (χ1n) is 14.7. The largest absolute Gasteiger partial charge is 0.342 e. The molecule has 0 spiro atoms. The number of hydrogen-bond acceptors (Lipinski definition) is 1. The molecule has 0 aliphatic rings. The Morgan fingerprint density at radius 2 is 1.18 bits per heavy atom. The Morgan fingerprint density at radius 3 is 1.75 bits per heavy atom. The summed E-state index contributed by atoms with van der Waals surface area (Å²) < 4.78 is 0. The lowest BCUT2D eigenvalue weighted by Crippen LogP contribution is -2.25. The van der Waals surface area contributed by atoms with Crippen molar-refractivity contribution >= 4 is 5.91 Å². The van der Waals surface area contributed by atoms with Crippen molar-refractivity contribution in [2.24, 2.45) is 0 Å². The minimum Gasteiger partial charge on any atom is -0.342 e. The summed E-state index contributed by atoms with van der Waals surface area (Å²) in [6.45, 7) is 11.0. The lowest BCUT2D eigenvalue weighted by Gasteiger charge is -2.15. The summed E-state index contributed by atoms with van der Waals surface area (Å²) in [4.78, 5) is 13.4. The van der Waals surface area contributed by atoms with Gasteiger partial charge in [0.2, 0.25) is 5.91 Å². The van der Waals surface area contributed by atoms with Crippen molar-refractivity contribution in [2.45, 2.75) is 59.3 Å². The molecule has 1 amide bonds. The van der Waals surface area contributed by atoms with Gasteiger partial charge < -0.3 is 4.90 Å². The average molecular weight is 530 g/mol. The van der Waals surface area contributed by atoms with Gasteiger partial charge in [-0.2, -0.15) is 0 Å². The van der Waals surface area contributed by atoms with E-state index in [4.69, 9.17) is 0 Å². The molecule has 0 heterocycles. The van der Waals surface area contributed by atoms with Gasteiger partial charge >= 0.3 is 0 Å². The van der Waals surface area contributed by atoms with Crippen LogP contribution in [0.25, 0.3) is 33.4 Å². The van der Waals surface area contributed by atoms with Crippen LogP contribution < -0.4 is 0 Å². The van der Waals surface area contributed by atoms with Gasteiger partial charge in [0, 0.05) is 13.6 Å². The Kier molecular flexibility index (Phi) is 10.1. The molecule has 0 aliphatic heterocycles. The van der Waals surface area contributed by atoms with E-state index in [-0.39, 0.29) is 5.91 Å². The number of carbonyl (C=O) groups excluding carboxylic acids is 1. The number of benzene rings is 4. The molecule has 0 radical (unpaired) electrons. The fourth-order valence-electron chi connectivity index (χ4n) is 5.40. The second-order valence-corrected chi connectivity index (χ2v) is 11.0. The fraction of sp³-hybridized carbons (Fsp3) is 0.289. The maximum atomic E-state index is 11.6. The van der Waals surface area contributed by atoms with Crippen molar-refractivity contribution in [1.29, 1.82) is 0 Å². The Morgan fingerprint density at radius 1 is 0.675 bits per heavy atom. The van der Waals surface area contributed by atoms with Crippen molar-refractivity contribution < 1.29 is 4.79 Å². The van der Waals surface area contributed by atoms with E-state index in [2.05, 4.69) is 112 Å². The SMILES string of the molecule is C=CC(=O)N(C)CCCc1ccc(-c2ccc(-c3ccc(-c4ccc(CCCCC)cc4)cc3C)cc2C)cc1. The number of unbranched alkanes of at least 4 members (excludes halogenated alkanes) is 2. The number of carbonyl (C=O) groups is 1. The molecule has 0 saturated carbocycles. The number of rotatable bonds is 12. The van der Waals surface area contributed by atoms with E-state index in [1.807, 2.05) is 7.05 Å². The molecule has 0 aromatic heterocycles. The summed E-state index contributed by atoms with van der Waals surface area (Å²) in [6, 6.07) is 31.6. The number of likely N-dealkylation sites (N-methyl/N-ethyl adjacent to an activating group) is 1. The molecule has 0 unspecified atom stereocenters. The first-order valence-corrected chi connectivity index (χ1v) is 14.7. The smallest absolute Gasteiger partial charge is 0.245 e. The van der Waals surface area contributed by atoms with Crippen LogP contribution in [0.5, 0.6) is 0 Å². The predicted molar refractivity (Wildman–Crippen MR) is 172 cm³/mol. The molecule has 4 rings (SSSR count). The molecule has 0 aliphatic carbocycles. The van der Waals surface area contributed by atoms with Crippen LogP contribution in [-0.4, -0.2) is 24.4 Å². The van der Waals surface area contributed by atoms with Gasteiger partial charge in [-0.1, -0.05) is 111 Å². The van der Waals surface area contributed by atoms with Gasteiger partial charge in [-0.15, -0.1) is 0 Å². The van der Waals surface area contributed by atoms with Crippen molar-refractivity contribution in [3.63, 3.8) is 0 Å². The van der Waals surface area contributed by atoms with Gasteiger partial charge in [-0.25, -0.2) is 0 Å². The molecule has 206 valence electrons. The van der Waals surface area contributed by atoms with Gasteiger partial charge in [0.1, 0.15) is 0 Å². The van der Waals surface area contributed by atoms with Crippen molar-refractivity contribution in [3.05, 3.63) is 120 Å². The lowest BCUT2D eigenvalue weighted by atomic mass is 9.91. The molecule has 2 nitrogen and oxygen atoms in total. The summed E-state index contributed by atoms with van der Waals surface area (Å²) in [7, 11) is 1.82. The third kappa shape index (κ3) is 7.39. The molecular formula is C38H43NO. The summed E-state index contributed by atoms with van der Waals surface area (Å²) in [5.41, 5.74) is 12.9. The maximum Gasteiger partial charge on any atom is 0.245 e. The minimum atomic E-state index is -0.0248. The number of nitrogens with zero attached hydrogens (tertiary/aromatic N) is 1. The zero-order valence-electron chi connectivity index (χ0n) is 24.7. The number of hydrogen-bond donors (Lipinski definition) is 0. The van der Waals surface area contributed by atoms with Crippen molar-refractivity contribution in [2.75, 3.05) is 13.6 Å². The summed E-state index contributed by atoms with van der Waals surface area (Å²) in [5.74, 6) is -0.0248. The highest BCUT2D eigenvalue weighted by Crippen LogP contribution is 2.32. The highest BCUT2D eigenvalue weighted by Gasteiger charge is 2.09. The Bertz CT molecular complexity index is 1430. The Hall–Kier alpha value is -3.91. The van der Waals surface area contributed by atoms with Crippen molar-refractivity contribution in [1.82, 2.24) is 4.90 Å². The highest BCUT2D eigenvalue weighted by molar-refractivity contribution is 5.86. The van der Waals surface area contributed by atoms with Gasteiger partial charge in [0.05, 0.1) is 0 Å². The first kappa shape index (κ1) is 29.1. The van der Waals surface area contributed by atoms with Crippen LogP contribution in [-0.2, 0) is 17.6 Å². The average Bonchev–Trinajstić information content (AvgIpc) is 2.97. The van der Waals surface area contributed by atoms with E-state index >= 15 is 0 Å². The summed E-state index contributed by atoms with van der Waals surface area (Å²) in [6.07, 6.45) is 8.26. The molecule has 2 heteroatoms. The van der Waals surface area contributed by atoms with Crippen LogP contribution >= 0.6 is 0 Å². The lowest BCUT2D eigenvalue weighted by molar-refractivity contribution is -0.124. The molecule has 40 heavy (non-hydrogen) atoms. The van der Waals surface area contributed by atoms with Crippen LogP contribution in [0.1, 0.15) is 54.9 Å². The van der Waals surface area contributed by atoms with Gasteiger partial charge in [-0.05, 0) is 101 Å². The normalized spacial score (nSPS) is 10.9. The molecule has 4 aromatic rings. The van der Waals surface area contributed by atoms with Gasteiger partial charge in [0.25, 0.3) is 0 Å². The fourth-order valence-corrected chi connectivity index (χ4v) is 5.40.